The molecule has 0 fully saturated rings. The maximum absolute atomic E-state index is 2.46. The second kappa shape index (κ2) is 14.3. The van der Waals surface area contributed by atoms with E-state index in [1.807, 2.05) is 11.3 Å². The van der Waals surface area contributed by atoms with Gasteiger partial charge in [0, 0.05) is 58.8 Å². The molecule has 0 bridgehead atoms. The van der Waals surface area contributed by atoms with Crippen LogP contribution in [0.4, 0.5) is 17.1 Å². The molecule has 3 heterocycles. The van der Waals surface area contributed by atoms with E-state index in [1.165, 1.54) is 103 Å². The third-order valence-electron chi connectivity index (χ3n) is 13.0. The van der Waals surface area contributed by atoms with E-state index in [1.54, 1.807) is 0 Å². The van der Waals surface area contributed by atoms with Crippen molar-refractivity contribution in [2.24, 2.45) is 0 Å². The van der Waals surface area contributed by atoms with Gasteiger partial charge in [0.05, 0.1) is 16.6 Å². The third kappa shape index (κ3) is 5.85. The Balaban J connectivity index is 0.875. The minimum atomic E-state index is 1.10. The molecule has 0 N–H and O–H groups in total. The van der Waals surface area contributed by atoms with Crippen LogP contribution in [0.25, 0.3) is 103 Å². The molecule has 0 amide bonds. The van der Waals surface area contributed by atoms with Crippen molar-refractivity contribution in [3.8, 4) is 44.5 Å². The fourth-order valence-electron chi connectivity index (χ4n) is 9.86. The molecule has 0 unspecified atom stereocenters. The van der Waals surface area contributed by atoms with Crippen LogP contribution < -0.4 is 4.90 Å². The third-order valence-corrected chi connectivity index (χ3v) is 14.1. The Morgan fingerprint density at radius 1 is 0.270 bits per heavy atom. The van der Waals surface area contributed by atoms with Gasteiger partial charge in [-0.25, -0.2) is 0 Å². The molecule has 0 aliphatic heterocycles. The van der Waals surface area contributed by atoms with E-state index in [4.69, 9.17) is 0 Å². The van der Waals surface area contributed by atoms with E-state index in [-0.39, 0.29) is 0 Å². The van der Waals surface area contributed by atoms with E-state index in [0.29, 0.717) is 0 Å². The number of thiophene rings is 1. The average molecular weight is 819 g/mol. The van der Waals surface area contributed by atoms with Gasteiger partial charge in [-0.05, 0) is 111 Å². The predicted octanol–water partition coefficient (Wildman–Crippen LogP) is 17.3. The Kier molecular flexibility index (Phi) is 8.12. The van der Waals surface area contributed by atoms with E-state index in [2.05, 4.69) is 240 Å². The van der Waals surface area contributed by atoms with Gasteiger partial charge in [-0.2, -0.15) is 0 Å². The second-order valence-electron chi connectivity index (χ2n) is 16.5. The number of para-hydroxylation sites is 2. The molecule has 0 radical (unpaired) electrons. The standard InChI is InChI=1S/C60H38N2S/c1-2-9-39(10-3-1)40-17-19-41(20-18-40)42-21-29-47(30-22-42)61(48-31-23-43(24-32-48)45-28-36-59-55(37-45)52-12-5-7-16-58(52)63-59)49-33-25-44(26-34-49)46-27-35-51-54-14-8-13-53-50-11-4-6-15-56(50)62(60(53)54)57(51)38-46/h1-38H. The van der Waals surface area contributed by atoms with Crippen LogP contribution in [0.15, 0.2) is 231 Å². The monoisotopic (exact) mass is 818 g/mol. The minimum absolute atomic E-state index is 1.10. The molecule has 0 aliphatic rings. The molecule has 0 atom stereocenters. The fraction of sp³-hybridized carbons (Fsp3) is 0. The minimum Gasteiger partial charge on any atom is -0.311 e. The van der Waals surface area contributed by atoms with Gasteiger partial charge in [0.2, 0.25) is 0 Å². The Labute approximate surface area is 369 Å². The van der Waals surface area contributed by atoms with Gasteiger partial charge in [0.1, 0.15) is 0 Å². The van der Waals surface area contributed by atoms with Gasteiger partial charge in [-0.15, -0.1) is 11.3 Å². The van der Waals surface area contributed by atoms with Crippen LogP contribution >= 0.6 is 11.3 Å². The summed E-state index contributed by atoms with van der Waals surface area (Å²) in [5.74, 6) is 0. The number of anilines is 3. The zero-order valence-corrected chi connectivity index (χ0v) is 35.1. The van der Waals surface area contributed by atoms with Crippen molar-refractivity contribution < 1.29 is 0 Å². The lowest BCUT2D eigenvalue weighted by Crippen LogP contribution is -2.09. The van der Waals surface area contributed by atoms with Gasteiger partial charge in [-0.3, -0.25) is 0 Å². The van der Waals surface area contributed by atoms with Crippen molar-refractivity contribution in [2.45, 2.75) is 0 Å². The molecule has 13 rings (SSSR count). The molecule has 3 heteroatoms. The summed E-state index contributed by atoms with van der Waals surface area (Å²) in [7, 11) is 0. The molecule has 0 saturated heterocycles. The maximum Gasteiger partial charge on any atom is 0.0620 e. The Bertz CT molecular complexity index is 3800. The quantitative estimate of drug-likeness (QED) is 0.155. The summed E-state index contributed by atoms with van der Waals surface area (Å²) in [6.07, 6.45) is 0. The van der Waals surface area contributed by atoms with Gasteiger partial charge < -0.3 is 9.30 Å². The van der Waals surface area contributed by atoms with Crippen LogP contribution in [-0.4, -0.2) is 4.40 Å². The summed E-state index contributed by atoms with van der Waals surface area (Å²) in [6, 6.07) is 84.6. The van der Waals surface area contributed by atoms with E-state index >= 15 is 0 Å². The molecule has 294 valence electrons. The average Bonchev–Trinajstić information content (AvgIpc) is 4.02. The van der Waals surface area contributed by atoms with Crippen molar-refractivity contribution in [2.75, 3.05) is 4.90 Å². The first kappa shape index (κ1) is 35.7. The molecular formula is C60H38N2S. The highest BCUT2D eigenvalue weighted by Gasteiger charge is 2.19. The number of aromatic nitrogens is 1. The van der Waals surface area contributed by atoms with E-state index in [9.17, 15) is 0 Å². The van der Waals surface area contributed by atoms with Crippen LogP contribution in [0.2, 0.25) is 0 Å². The van der Waals surface area contributed by atoms with E-state index in [0.717, 1.165) is 17.1 Å². The van der Waals surface area contributed by atoms with Crippen molar-refractivity contribution in [1.29, 1.82) is 0 Å². The normalized spacial score (nSPS) is 11.8. The Hall–Kier alpha value is -7.98. The van der Waals surface area contributed by atoms with Crippen molar-refractivity contribution in [3.63, 3.8) is 0 Å². The number of hydrogen-bond acceptors (Lipinski definition) is 2. The van der Waals surface area contributed by atoms with Crippen molar-refractivity contribution in [3.05, 3.63) is 231 Å². The Morgan fingerprint density at radius 3 is 1.33 bits per heavy atom. The van der Waals surface area contributed by atoms with Gasteiger partial charge in [0.15, 0.2) is 0 Å². The predicted molar refractivity (Wildman–Crippen MR) is 270 cm³/mol. The number of fused-ring (bicyclic) bond motifs is 9. The SMILES string of the molecule is c1ccc(-c2ccc(-c3ccc(N(c4ccc(-c5ccc6sc7ccccc7c6c5)cc4)c4ccc(-c5ccc6c7cccc8c9ccccc9n(c6c5)c87)cc4)cc3)cc2)cc1. The van der Waals surface area contributed by atoms with Crippen LogP contribution in [-0.2, 0) is 0 Å². The first-order valence-corrected chi connectivity index (χ1v) is 22.4. The smallest absolute Gasteiger partial charge is 0.0620 e. The highest BCUT2D eigenvalue weighted by Crippen LogP contribution is 2.42. The van der Waals surface area contributed by atoms with Crippen LogP contribution in [0.1, 0.15) is 0 Å². The zero-order chi connectivity index (χ0) is 41.4. The highest BCUT2D eigenvalue weighted by molar-refractivity contribution is 7.25. The lowest BCUT2D eigenvalue weighted by molar-refractivity contribution is 1.28. The molecule has 3 aromatic heterocycles. The molecule has 63 heavy (non-hydrogen) atoms. The number of benzene rings is 10. The summed E-state index contributed by atoms with van der Waals surface area (Å²) >= 11 is 1.86. The fourth-order valence-corrected chi connectivity index (χ4v) is 10.9. The van der Waals surface area contributed by atoms with Crippen LogP contribution in [0.3, 0.4) is 0 Å². The molecule has 2 nitrogen and oxygen atoms in total. The second-order valence-corrected chi connectivity index (χ2v) is 17.6. The number of nitrogens with zero attached hydrogens (tertiary/aromatic N) is 2. The Morgan fingerprint density at radius 2 is 0.698 bits per heavy atom. The zero-order valence-electron chi connectivity index (χ0n) is 34.2. The molecule has 13 aromatic rings. The lowest BCUT2D eigenvalue weighted by Gasteiger charge is -2.26. The number of hydrogen-bond donors (Lipinski definition) is 0. The topological polar surface area (TPSA) is 7.65 Å². The van der Waals surface area contributed by atoms with E-state index < -0.39 is 0 Å². The molecule has 0 aliphatic carbocycles. The molecule has 0 saturated carbocycles. The van der Waals surface area contributed by atoms with Gasteiger partial charge in [-0.1, -0.05) is 164 Å². The summed E-state index contributed by atoms with van der Waals surface area (Å²) in [4.78, 5) is 2.37. The first-order valence-electron chi connectivity index (χ1n) is 21.6. The summed E-state index contributed by atoms with van der Waals surface area (Å²) in [5, 5.41) is 7.84. The number of rotatable bonds is 7. The van der Waals surface area contributed by atoms with Crippen molar-refractivity contribution >= 4 is 86.7 Å². The molecule has 10 aromatic carbocycles. The first-order chi connectivity index (χ1) is 31.2. The largest absolute Gasteiger partial charge is 0.311 e. The summed E-state index contributed by atoms with van der Waals surface area (Å²) in [6.45, 7) is 0. The van der Waals surface area contributed by atoms with Crippen LogP contribution in [0.5, 0.6) is 0 Å². The molecule has 0 spiro atoms. The van der Waals surface area contributed by atoms with Gasteiger partial charge in [0.25, 0.3) is 0 Å². The lowest BCUT2D eigenvalue weighted by atomic mass is 9.99. The summed E-state index contributed by atoms with van der Waals surface area (Å²) < 4.78 is 5.11. The maximum atomic E-state index is 2.46. The van der Waals surface area contributed by atoms with Crippen molar-refractivity contribution in [1.82, 2.24) is 4.40 Å². The highest BCUT2D eigenvalue weighted by atomic mass is 32.1. The van der Waals surface area contributed by atoms with Crippen LogP contribution in [0, 0.1) is 0 Å². The van der Waals surface area contributed by atoms with Gasteiger partial charge >= 0.3 is 0 Å². The molecular weight excluding hydrogens is 781 g/mol. The summed E-state index contributed by atoms with van der Waals surface area (Å²) in [5.41, 5.74) is 16.8.